The average molecular weight is 295 g/mol. The van der Waals surface area contributed by atoms with Crippen LogP contribution in [-0.4, -0.2) is 33.1 Å². The van der Waals surface area contributed by atoms with Crippen LogP contribution in [0.5, 0.6) is 0 Å². The van der Waals surface area contributed by atoms with Gasteiger partial charge in [-0.3, -0.25) is 9.59 Å². The third-order valence-electron chi connectivity index (χ3n) is 3.38. The van der Waals surface area contributed by atoms with Crippen LogP contribution in [0.4, 0.5) is 0 Å². The molecule has 6 nitrogen and oxygen atoms in total. The molecule has 1 amide bonds. The number of hydrogen-bond donors (Lipinski definition) is 2. The average Bonchev–Trinajstić information content (AvgIpc) is 2.94. The number of hydrogen-bond acceptors (Lipinski definition) is 3. The van der Waals surface area contributed by atoms with Crippen molar-refractivity contribution in [3.05, 3.63) is 53.6 Å². The fourth-order valence-corrected chi connectivity index (χ4v) is 2.38. The van der Waals surface area contributed by atoms with Gasteiger partial charge in [0.05, 0.1) is 12.5 Å². The van der Waals surface area contributed by atoms with Crippen molar-refractivity contribution in [1.29, 1.82) is 0 Å². The van der Waals surface area contributed by atoms with Crippen LogP contribution in [-0.2, 0) is 4.79 Å². The van der Waals surface area contributed by atoms with E-state index in [-0.39, 0.29) is 18.4 Å². The van der Waals surface area contributed by atoms with Gasteiger partial charge in [-0.1, -0.05) is 12.0 Å². The minimum Gasteiger partial charge on any atom is -0.481 e. The molecule has 0 saturated heterocycles. The van der Waals surface area contributed by atoms with Crippen LogP contribution in [0, 0.1) is 11.8 Å². The number of carbonyl (C=O) groups excluding carboxylic acids is 1. The van der Waals surface area contributed by atoms with E-state index in [0.29, 0.717) is 23.5 Å². The summed E-state index contributed by atoms with van der Waals surface area (Å²) in [6.45, 7) is 0.305. The molecule has 0 bridgehead atoms. The lowest BCUT2D eigenvalue weighted by Crippen LogP contribution is -2.39. The SMILES string of the molecule is O=C(O)C[C@H]1CNC(=O)c2cc(C#Cc3ccccn3)cn21. The minimum atomic E-state index is -0.901. The molecular weight excluding hydrogens is 282 g/mol. The predicted octanol–water partition coefficient (Wildman–Crippen LogP) is 1.04. The minimum absolute atomic E-state index is 0.0466. The molecule has 0 saturated carbocycles. The van der Waals surface area contributed by atoms with Gasteiger partial charge in [0.2, 0.25) is 0 Å². The Balaban J connectivity index is 1.91. The van der Waals surface area contributed by atoms with E-state index < -0.39 is 5.97 Å². The highest BCUT2D eigenvalue weighted by Gasteiger charge is 2.26. The van der Waals surface area contributed by atoms with E-state index in [1.54, 1.807) is 29.1 Å². The Kier molecular flexibility index (Phi) is 3.62. The first-order valence-corrected chi connectivity index (χ1v) is 6.78. The number of aliphatic carboxylic acids is 1. The van der Waals surface area contributed by atoms with E-state index in [0.717, 1.165) is 0 Å². The Morgan fingerprint density at radius 2 is 2.32 bits per heavy atom. The summed E-state index contributed by atoms with van der Waals surface area (Å²) in [5.41, 5.74) is 1.73. The molecular formula is C16H13N3O3. The van der Waals surface area contributed by atoms with E-state index >= 15 is 0 Å². The number of carboxylic acids is 1. The van der Waals surface area contributed by atoms with Crippen LogP contribution in [0.15, 0.2) is 36.7 Å². The molecule has 3 rings (SSSR count). The third kappa shape index (κ3) is 2.83. The number of aromatic nitrogens is 2. The van der Waals surface area contributed by atoms with Gasteiger partial charge in [0.15, 0.2) is 0 Å². The number of carbonyl (C=O) groups is 2. The quantitative estimate of drug-likeness (QED) is 0.811. The topological polar surface area (TPSA) is 84.2 Å². The summed E-state index contributed by atoms with van der Waals surface area (Å²) in [7, 11) is 0. The Labute approximate surface area is 126 Å². The zero-order chi connectivity index (χ0) is 15.5. The van der Waals surface area contributed by atoms with Crippen LogP contribution >= 0.6 is 0 Å². The molecule has 110 valence electrons. The highest BCUT2D eigenvalue weighted by Crippen LogP contribution is 2.21. The van der Waals surface area contributed by atoms with Gasteiger partial charge in [-0.15, -0.1) is 0 Å². The van der Waals surface area contributed by atoms with Crippen LogP contribution < -0.4 is 5.32 Å². The normalized spacial score (nSPS) is 16.2. The maximum absolute atomic E-state index is 11.9. The van der Waals surface area contributed by atoms with Crippen molar-refractivity contribution >= 4 is 11.9 Å². The first-order chi connectivity index (χ1) is 10.6. The third-order valence-corrected chi connectivity index (χ3v) is 3.38. The van der Waals surface area contributed by atoms with Crippen molar-refractivity contribution in [2.75, 3.05) is 6.54 Å². The molecule has 0 fully saturated rings. The van der Waals surface area contributed by atoms with Crippen molar-refractivity contribution in [3.63, 3.8) is 0 Å². The maximum Gasteiger partial charge on any atom is 0.305 e. The molecule has 0 unspecified atom stereocenters. The Hall–Kier alpha value is -3.07. The van der Waals surface area contributed by atoms with E-state index in [9.17, 15) is 9.59 Å². The first-order valence-electron chi connectivity index (χ1n) is 6.78. The summed E-state index contributed by atoms with van der Waals surface area (Å²) >= 11 is 0. The van der Waals surface area contributed by atoms with Gasteiger partial charge in [0, 0.05) is 24.5 Å². The Morgan fingerprint density at radius 1 is 1.45 bits per heavy atom. The number of fused-ring (bicyclic) bond motifs is 1. The summed E-state index contributed by atoms with van der Waals surface area (Å²) in [4.78, 5) is 26.9. The Morgan fingerprint density at radius 3 is 3.05 bits per heavy atom. The van der Waals surface area contributed by atoms with Crippen LogP contribution in [0.3, 0.4) is 0 Å². The molecule has 1 atom stereocenters. The van der Waals surface area contributed by atoms with Crippen molar-refractivity contribution in [2.45, 2.75) is 12.5 Å². The summed E-state index contributed by atoms with van der Waals surface area (Å²) in [6.07, 6.45) is 3.33. The number of nitrogens with zero attached hydrogens (tertiary/aromatic N) is 2. The highest BCUT2D eigenvalue weighted by atomic mass is 16.4. The second kappa shape index (κ2) is 5.74. The van der Waals surface area contributed by atoms with Gasteiger partial charge in [-0.05, 0) is 24.1 Å². The lowest BCUT2D eigenvalue weighted by atomic mass is 10.1. The van der Waals surface area contributed by atoms with Crippen molar-refractivity contribution in [3.8, 4) is 11.8 Å². The molecule has 2 aromatic rings. The van der Waals surface area contributed by atoms with Gasteiger partial charge >= 0.3 is 5.97 Å². The van der Waals surface area contributed by atoms with Crippen molar-refractivity contribution in [2.24, 2.45) is 0 Å². The zero-order valence-corrected chi connectivity index (χ0v) is 11.6. The fourth-order valence-electron chi connectivity index (χ4n) is 2.38. The van der Waals surface area contributed by atoms with Crippen LogP contribution in [0.1, 0.15) is 34.2 Å². The summed E-state index contributed by atoms with van der Waals surface area (Å²) in [5, 5.41) is 11.7. The molecule has 2 aromatic heterocycles. The molecule has 0 aromatic carbocycles. The van der Waals surface area contributed by atoms with Gasteiger partial charge in [-0.25, -0.2) is 4.98 Å². The number of nitrogens with one attached hydrogen (secondary N) is 1. The number of carboxylic acid groups (broad SMARTS) is 1. The van der Waals surface area contributed by atoms with E-state index in [1.807, 2.05) is 12.1 Å². The van der Waals surface area contributed by atoms with Gasteiger partial charge in [-0.2, -0.15) is 0 Å². The molecule has 0 aliphatic carbocycles. The molecule has 0 radical (unpaired) electrons. The van der Waals surface area contributed by atoms with E-state index in [1.165, 1.54) is 0 Å². The fraction of sp³-hybridized carbons (Fsp3) is 0.188. The summed E-state index contributed by atoms with van der Waals surface area (Å²) < 4.78 is 1.69. The first kappa shape index (κ1) is 13.9. The number of rotatable bonds is 2. The monoisotopic (exact) mass is 295 g/mol. The lowest BCUT2D eigenvalue weighted by molar-refractivity contribution is -0.137. The maximum atomic E-state index is 11.9. The van der Waals surface area contributed by atoms with E-state index in [2.05, 4.69) is 22.1 Å². The molecule has 0 spiro atoms. The lowest BCUT2D eigenvalue weighted by Gasteiger charge is -2.24. The van der Waals surface area contributed by atoms with Gasteiger partial charge in [0.25, 0.3) is 5.91 Å². The van der Waals surface area contributed by atoms with E-state index in [4.69, 9.17) is 5.11 Å². The molecule has 1 aliphatic rings. The molecule has 6 heteroatoms. The summed E-state index contributed by atoms with van der Waals surface area (Å²) in [6, 6.07) is 6.82. The van der Waals surface area contributed by atoms with Crippen LogP contribution in [0.2, 0.25) is 0 Å². The second-order valence-electron chi connectivity index (χ2n) is 4.95. The molecule has 1 aliphatic heterocycles. The van der Waals surface area contributed by atoms with Gasteiger partial charge in [0.1, 0.15) is 11.4 Å². The van der Waals surface area contributed by atoms with Crippen molar-refractivity contribution in [1.82, 2.24) is 14.9 Å². The van der Waals surface area contributed by atoms with Crippen LogP contribution in [0.25, 0.3) is 0 Å². The smallest absolute Gasteiger partial charge is 0.305 e. The number of pyridine rings is 1. The summed E-state index contributed by atoms with van der Waals surface area (Å²) in [5.74, 6) is 4.75. The largest absolute Gasteiger partial charge is 0.481 e. The predicted molar refractivity (Wildman–Crippen MR) is 78.3 cm³/mol. The molecule has 3 heterocycles. The van der Waals surface area contributed by atoms with Crippen molar-refractivity contribution < 1.29 is 14.7 Å². The second-order valence-corrected chi connectivity index (χ2v) is 4.95. The highest BCUT2D eigenvalue weighted by molar-refractivity contribution is 5.94. The molecule has 2 N–H and O–H groups in total. The standard InChI is InChI=1S/C16H13N3O3/c20-15(21)8-13-9-18-16(22)14-7-11(10-19(13)14)4-5-12-3-1-2-6-17-12/h1-3,6-7,10,13H,8-9H2,(H,18,22)(H,20,21)/t13-/m0/s1. The Bertz CT molecular complexity index is 784. The molecule has 22 heavy (non-hydrogen) atoms. The van der Waals surface area contributed by atoms with Gasteiger partial charge < -0.3 is 15.0 Å². The number of amides is 1. The zero-order valence-electron chi connectivity index (χ0n) is 11.6.